The van der Waals surface area contributed by atoms with Gasteiger partial charge >= 0.3 is 0 Å². The zero-order chi connectivity index (χ0) is 13.8. The lowest BCUT2D eigenvalue weighted by Gasteiger charge is -2.52. The van der Waals surface area contributed by atoms with Crippen LogP contribution in [0.5, 0.6) is 0 Å². The van der Waals surface area contributed by atoms with E-state index in [2.05, 4.69) is 33.1 Å². The molecule has 1 atom stereocenters. The Kier molecular flexibility index (Phi) is 4.41. The van der Waals surface area contributed by atoms with Gasteiger partial charge in [0.15, 0.2) is 0 Å². The fourth-order valence-electron chi connectivity index (χ4n) is 3.93. The van der Waals surface area contributed by atoms with E-state index >= 15 is 0 Å². The first-order chi connectivity index (χ1) is 9.82. The van der Waals surface area contributed by atoms with Gasteiger partial charge in [-0.3, -0.25) is 9.58 Å². The predicted molar refractivity (Wildman–Crippen MR) is 81.7 cm³/mol. The number of rotatable bonds is 4. The second kappa shape index (κ2) is 6.27. The van der Waals surface area contributed by atoms with Crippen LogP contribution in [0.4, 0.5) is 0 Å². The third-order valence-corrected chi connectivity index (χ3v) is 5.27. The van der Waals surface area contributed by atoms with E-state index in [1.807, 2.05) is 12.3 Å². The molecule has 112 valence electrons. The highest BCUT2D eigenvalue weighted by molar-refractivity contribution is 5.00. The molecule has 1 unspecified atom stereocenters. The van der Waals surface area contributed by atoms with Gasteiger partial charge in [0.1, 0.15) is 0 Å². The van der Waals surface area contributed by atoms with Crippen molar-refractivity contribution in [2.24, 2.45) is 0 Å². The summed E-state index contributed by atoms with van der Waals surface area (Å²) in [6, 6.07) is 2.68. The first-order valence-corrected chi connectivity index (χ1v) is 8.28. The van der Waals surface area contributed by atoms with Crippen molar-refractivity contribution in [3.05, 3.63) is 18.5 Å². The molecule has 2 fully saturated rings. The van der Waals surface area contributed by atoms with Crippen molar-refractivity contribution in [3.63, 3.8) is 0 Å². The maximum absolute atomic E-state index is 4.35. The Morgan fingerprint density at radius 2 is 2.10 bits per heavy atom. The smallest absolute Gasteiger partial charge is 0.0536 e. The Balaban J connectivity index is 1.67. The zero-order valence-corrected chi connectivity index (χ0v) is 12.7. The van der Waals surface area contributed by atoms with E-state index in [-0.39, 0.29) is 0 Å². The molecule has 1 N–H and O–H groups in total. The van der Waals surface area contributed by atoms with Gasteiger partial charge in [-0.15, -0.1) is 0 Å². The Morgan fingerprint density at radius 3 is 2.80 bits per heavy atom. The maximum atomic E-state index is 4.35. The first kappa shape index (κ1) is 14.1. The second-order valence-corrected chi connectivity index (χ2v) is 6.49. The molecule has 1 aromatic heterocycles. The molecule has 0 bridgehead atoms. The average Bonchev–Trinajstić information content (AvgIpc) is 3.01. The zero-order valence-electron chi connectivity index (χ0n) is 12.7. The van der Waals surface area contributed by atoms with Crippen molar-refractivity contribution in [1.29, 1.82) is 0 Å². The Bertz CT molecular complexity index is 395. The van der Waals surface area contributed by atoms with Crippen LogP contribution < -0.4 is 5.32 Å². The van der Waals surface area contributed by atoms with Crippen LogP contribution in [0.3, 0.4) is 0 Å². The number of nitrogens with one attached hydrogen (secondary N) is 1. The van der Waals surface area contributed by atoms with Gasteiger partial charge < -0.3 is 5.32 Å². The first-order valence-electron chi connectivity index (χ1n) is 8.28. The molecule has 3 rings (SSSR count). The predicted octanol–water partition coefficient (Wildman–Crippen LogP) is 2.27. The number of hydrogen-bond acceptors (Lipinski definition) is 3. The van der Waals surface area contributed by atoms with E-state index in [9.17, 15) is 0 Å². The monoisotopic (exact) mass is 276 g/mol. The average molecular weight is 276 g/mol. The molecule has 1 aromatic rings. The highest BCUT2D eigenvalue weighted by Crippen LogP contribution is 2.35. The van der Waals surface area contributed by atoms with Crippen molar-refractivity contribution in [2.45, 2.75) is 63.6 Å². The van der Waals surface area contributed by atoms with Crippen LogP contribution in [0.2, 0.25) is 0 Å². The van der Waals surface area contributed by atoms with E-state index in [0.29, 0.717) is 11.6 Å². The molecular formula is C16H28N4. The molecule has 0 amide bonds. The summed E-state index contributed by atoms with van der Waals surface area (Å²) in [5.74, 6) is 0. The fourth-order valence-corrected chi connectivity index (χ4v) is 3.93. The lowest BCUT2D eigenvalue weighted by atomic mass is 9.78. The highest BCUT2D eigenvalue weighted by Gasteiger charge is 2.41. The second-order valence-electron chi connectivity index (χ2n) is 6.49. The number of hydrogen-bond donors (Lipinski definition) is 1. The quantitative estimate of drug-likeness (QED) is 0.916. The lowest BCUT2D eigenvalue weighted by molar-refractivity contribution is 0.00630. The normalized spacial score (nSPS) is 26.9. The molecular weight excluding hydrogens is 248 g/mol. The van der Waals surface area contributed by atoms with Gasteiger partial charge in [-0.1, -0.05) is 26.2 Å². The van der Waals surface area contributed by atoms with Crippen molar-refractivity contribution in [3.8, 4) is 0 Å². The minimum absolute atomic E-state index is 0.428. The summed E-state index contributed by atoms with van der Waals surface area (Å²) in [6.45, 7) is 6.84. The van der Waals surface area contributed by atoms with Gasteiger partial charge in [-0.2, -0.15) is 5.10 Å². The summed E-state index contributed by atoms with van der Waals surface area (Å²) >= 11 is 0. The minimum Gasteiger partial charge on any atom is -0.311 e. The summed E-state index contributed by atoms with van der Waals surface area (Å²) in [5.41, 5.74) is 0.428. The van der Waals surface area contributed by atoms with Crippen molar-refractivity contribution < 1.29 is 0 Å². The van der Waals surface area contributed by atoms with E-state index in [1.54, 1.807) is 0 Å². The van der Waals surface area contributed by atoms with Crippen LogP contribution in [0.15, 0.2) is 18.5 Å². The summed E-state index contributed by atoms with van der Waals surface area (Å²) in [7, 11) is 0. The van der Waals surface area contributed by atoms with Crippen LogP contribution in [0, 0.1) is 0 Å². The number of aromatic nitrogens is 2. The van der Waals surface area contributed by atoms with Crippen molar-refractivity contribution in [1.82, 2.24) is 20.0 Å². The van der Waals surface area contributed by atoms with E-state index in [1.165, 1.54) is 51.6 Å². The van der Waals surface area contributed by atoms with E-state index < -0.39 is 0 Å². The van der Waals surface area contributed by atoms with Gasteiger partial charge in [0, 0.05) is 43.6 Å². The van der Waals surface area contributed by atoms with Crippen molar-refractivity contribution in [2.75, 3.05) is 19.6 Å². The molecule has 2 heterocycles. The van der Waals surface area contributed by atoms with Crippen LogP contribution in [0.1, 0.15) is 45.4 Å². The Hall–Kier alpha value is -0.870. The molecule has 0 radical (unpaired) electrons. The van der Waals surface area contributed by atoms with Gasteiger partial charge in [-0.05, 0) is 25.3 Å². The van der Waals surface area contributed by atoms with Crippen LogP contribution in [-0.4, -0.2) is 45.9 Å². The minimum atomic E-state index is 0.428. The van der Waals surface area contributed by atoms with E-state index in [0.717, 1.165) is 13.1 Å². The SMILES string of the molecule is CCC1CN(CCn2cccn2)C2(CCCCC2)CN1. The summed E-state index contributed by atoms with van der Waals surface area (Å²) < 4.78 is 2.07. The molecule has 1 saturated carbocycles. The summed E-state index contributed by atoms with van der Waals surface area (Å²) in [4.78, 5) is 2.78. The summed E-state index contributed by atoms with van der Waals surface area (Å²) in [6.07, 6.45) is 12.1. The molecule has 1 aliphatic heterocycles. The van der Waals surface area contributed by atoms with E-state index in [4.69, 9.17) is 0 Å². The van der Waals surface area contributed by atoms with Crippen LogP contribution in [-0.2, 0) is 6.54 Å². The van der Waals surface area contributed by atoms with Gasteiger partial charge in [0.25, 0.3) is 0 Å². The molecule has 4 nitrogen and oxygen atoms in total. The Labute approximate surface area is 122 Å². The van der Waals surface area contributed by atoms with Gasteiger partial charge in [0.05, 0.1) is 6.54 Å². The molecule has 0 aromatic carbocycles. The molecule has 4 heteroatoms. The lowest BCUT2D eigenvalue weighted by Crippen LogP contribution is -2.65. The van der Waals surface area contributed by atoms with Crippen molar-refractivity contribution >= 4 is 0 Å². The molecule has 1 spiro atoms. The number of nitrogens with zero attached hydrogens (tertiary/aromatic N) is 3. The Morgan fingerprint density at radius 1 is 1.25 bits per heavy atom. The topological polar surface area (TPSA) is 33.1 Å². The third kappa shape index (κ3) is 2.91. The van der Waals surface area contributed by atoms with Gasteiger partial charge in [-0.25, -0.2) is 0 Å². The largest absolute Gasteiger partial charge is 0.311 e. The van der Waals surface area contributed by atoms with Gasteiger partial charge in [0.2, 0.25) is 0 Å². The molecule has 1 aliphatic carbocycles. The molecule has 1 saturated heterocycles. The van der Waals surface area contributed by atoms with Crippen LogP contribution in [0.25, 0.3) is 0 Å². The fraction of sp³-hybridized carbons (Fsp3) is 0.812. The third-order valence-electron chi connectivity index (χ3n) is 5.27. The van der Waals surface area contributed by atoms with Crippen LogP contribution >= 0.6 is 0 Å². The highest BCUT2D eigenvalue weighted by atomic mass is 15.3. The maximum Gasteiger partial charge on any atom is 0.0536 e. The number of piperazine rings is 1. The molecule has 20 heavy (non-hydrogen) atoms. The molecule has 2 aliphatic rings. The standard InChI is InChI=1S/C16H28N4/c1-2-15-13-19(11-12-20-10-6-9-18-20)16(14-17-15)7-4-3-5-8-16/h6,9-10,15,17H,2-5,7-8,11-14H2,1H3. The summed E-state index contributed by atoms with van der Waals surface area (Å²) in [5, 5.41) is 8.14.